The quantitative estimate of drug-likeness (QED) is 0.421. The molecule has 1 aromatic heterocycles. The summed E-state index contributed by atoms with van der Waals surface area (Å²) in [6, 6.07) is 26.4. The van der Waals surface area contributed by atoms with Crippen LogP contribution in [0.3, 0.4) is 0 Å². The molecule has 1 fully saturated rings. The first-order chi connectivity index (χ1) is 15.7. The van der Waals surface area contributed by atoms with Gasteiger partial charge in [0.2, 0.25) is 5.91 Å². The van der Waals surface area contributed by atoms with Gasteiger partial charge in [0.05, 0.1) is 17.6 Å². The molecule has 162 valence electrons. The summed E-state index contributed by atoms with van der Waals surface area (Å²) in [4.78, 5) is 19.7. The minimum absolute atomic E-state index is 0.0806. The highest BCUT2D eigenvalue weighted by Gasteiger charge is 2.33. The molecule has 5 heteroatoms. The number of hydrogen-bond acceptors (Lipinski definition) is 3. The van der Waals surface area contributed by atoms with Crippen LogP contribution < -0.4 is 4.74 Å². The number of rotatable bonds is 7. The van der Waals surface area contributed by atoms with Gasteiger partial charge in [0.15, 0.2) is 0 Å². The van der Waals surface area contributed by atoms with Crippen LogP contribution in [0.4, 0.5) is 0 Å². The molecule has 3 aromatic carbocycles. The molecule has 1 atom stereocenters. The summed E-state index contributed by atoms with van der Waals surface area (Å²) >= 11 is 0. The zero-order chi connectivity index (χ0) is 21.9. The van der Waals surface area contributed by atoms with Gasteiger partial charge in [-0.05, 0) is 36.2 Å². The maximum Gasteiger partial charge on any atom is 0.223 e. The van der Waals surface area contributed by atoms with Crippen LogP contribution in [0, 0.1) is 6.92 Å². The van der Waals surface area contributed by atoms with Crippen molar-refractivity contribution in [3.8, 4) is 5.75 Å². The van der Waals surface area contributed by atoms with Crippen molar-refractivity contribution >= 4 is 16.9 Å². The minimum atomic E-state index is 0.0806. The Balaban J connectivity index is 1.37. The van der Waals surface area contributed by atoms with Gasteiger partial charge < -0.3 is 14.2 Å². The monoisotopic (exact) mass is 425 g/mol. The van der Waals surface area contributed by atoms with Crippen molar-refractivity contribution in [3.05, 3.63) is 95.8 Å². The minimum Gasteiger partial charge on any atom is -0.491 e. The predicted molar refractivity (Wildman–Crippen MR) is 126 cm³/mol. The number of benzene rings is 3. The first-order valence-electron chi connectivity index (χ1n) is 11.1. The third-order valence-electron chi connectivity index (χ3n) is 6.15. The first kappa shape index (κ1) is 20.3. The van der Waals surface area contributed by atoms with Gasteiger partial charge in [-0.25, -0.2) is 4.98 Å². The maximum atomic E-state index is 12.8. The molecule has 0 radical (unpaired) electrons. The number of nitrogens with zero attached hydrogens (tertiary/aromatic N) is 3. The van der Waals surface area contributed by atoms with Gasteiger partial charge in [0, 0.05) is 25.4 Å². The predicted octanol–water partition coefficient (Wildman–Crippen LogP) is 4.94. The zero-order valence-corrected chi connectivity index (χ0v) is 18.3. The third-order valence-corrected chi connectivity index (χ3v) is 6.15. The van der Waals surface area contributed by atoms with E-state index in [-0.39, 0.29) is 11.8 Å². The van der Waals surface area contributed by atoms with Crippen molar-refractivity contribution in [1.82, 2.24) is 14.5 Å². The molecular weight excluding hydrogens is 398 g/mol. The van der Waals surface area contributed by atoms with Crippen LogP contribution in [-0.4, -0.2) is 33.5 Å². The van der Waals surface area contributed by atoms with Gasteiger partial charge in [-0.15, -0.1) is 0 Å². The van der Waals surface area contributed by atoms with Crippen molar-refractivity contribution in [2.24, 2.45) is 0 Å². The average Bonchev–Trinajstić information content (AvgIpc) is 3.36. The summed E-state index contributed by atoms with van der Waals surface area (Å²) < 4.78 is 8.31. The van der Waals surface area contributed by atoms with Crippen molar-refractivity contribution in [2.75, 3.05) is 13.2 Å². The van der Waals surface area contributed by atoms with Crippen LogP contribution in [0.15, 0.2) is 78.9 Å². The number of amides is 1. The molecule has 1 aliphatic rings. The molecule has 0 N–H and O–H groups in total. The Morgan fingerprint density at radius 1 is 0.969 bits per heavy atom. The molecule has 0 aliphatic carbocycles. The highest BCUT2D eigenvalue weighted by atomic mass is 16.5. The van der Waals surface area contributed by atoms with Crippen LogP contribution in [0.25, 0.3) is 11.0 Å². The second-order valence-electron chi connectivity index (χ2n) is 8.39. The molecule has 1 saturated heterocycles. The standard InChI is InChI=1S/C27H27N3O2/c1-20-9-5-8-14-25(20)32-16-15-30-24-13-7-6-12-23(24)28-27(30)22-17-26(31)29(19-22)18-21-10-3-2-4-11-21/h2-14,22H,15-19H2,1H3. The van der Waals surface area contributed by atoms with Gasteiger partial charge >= 0.3 is 0 Å². The number of likely N-dealkylation sites (tertiary alicyclic amines) is 1. The van der Waals surface area contributed by atoms with Crippen molar-refractivity contribution in [3.63, 3.8) is 0 Å². The number of carbonyl (C=O) groups excluding carboxylic acids is 1. The third kappa shape index (κ3) is 4.11. The summed E-state index contributed by atoms with van der Waals surface area (Å²) in [5, 5.41) is 0. The van der Waals surface area contributed by atoms with Crippen LogP contribution in [0.2, 0.25) is 0 Å². The number of carbonyl (C=O) groups is 1. The summed E-state index contributed by atoms with van der Waals surface area (Å²) in [5.74, 6) is 2.15. The van der Waals surface area contributed by atoms with E-state index in [2.05, 4.69) is 35.8 Å². The van der Waals surface area contributed by atoms with E-state index in [0.717, 1.165) is 33.7 Å². The Bertz CT molecular complexity index is 1230. The summed E-state index contributed by atoms with van der Waals surface area (Å²) in [5.41, 5.74) is 4.33. The highest BCUT2D eigenvalue weighted by Crippen LogP contribution is 2.31. The van der Waals surface area contributed by atoms with Crippen molar-refractivity contribution < 1.29 is 9.53 Å². The van der Waals surface area contributed by atoms with Crippen LogP contribution >= 0.6 is 0 Å². The summed E-state index contributed by atoms with van der Waals surface area (Å²) in [7, 11) is 0. The Kier molecular flexibility index (Phi) is 5.63. The Hall–Kier alpha value is -3.60. The van der Waals surface area contributed by atoms with E-state index in [1.54, 1.807) is 0 Å². The van der Waals surface area contributed by atoms with Gasteiger partial charge in [0.1, 0.15) is 18.2 Å². The lowest BCUT2D eigenvalue weighted by molar-refractivity contribution is -0.128. The highest BCUT2D eigenvalue weighted by molar-refractivity contribution is 5.81. The number of aromatic nitrogens is 2. The van der Waals surface area contributed by atoms with Gasteiger partial charge in [0.25, 0.3) is 0 Å². The molecule has 5 nitrogen and oxygen atoms in total. The van der Waals surface area contributed by atoms with E-state index in [0.29, 0.717) is 32.7 Å². The lowest BCUT2D eigenvalue weighted by atomic mass is 10.1. The lowest BCUT2D eigenvalue weighted by Crippen LogP contribution is -2.24. The molecule has 2 heterocycles. The average molecular weight is 426 g/mol. The zero-order valence-electron chi connectivity index (χ0n) is 18.3. The van der Waals surface area contributed by atoms with Crippen LogP contribution in [-0.2, 0) is 17.9 Å². The largest absolute Gasteiger partial charge is 0.491 e. The fraction of sp³-hybridized carbons (Fsp3) is 0.259. The Labute approximate surface area is 188 Å². The van der Waals surface area contributed by atoms with Crippen LogP contribution in [0.1, 0.15) is 29.3 Å². The molecule has 1 amide bonds. The molecule has 5 rings (SSSR count). The number of para-hydroxylation sites is 3. The van der Waals surface area contributed by atoms with E-state index in [1.165, 1.54) is 0 Å². The molecule has 1 unspecified atom stereocenters. The summed E-state index contributed by atoms with van der Waals surface area (Å²) in [6.07, 6.45) is 0.495. The number of hydrogen-bond donors (Lipinski definition) is 0. The molecular formula is C27H27N3O2. The molecule has 32 heavy (non-hydrogen) atoms. The molecule has 0 bridgehead atoms. The fourth-order valence-corrected chi connectivity index (χ4v) is 4.51. The second kappa shape index (κ2) is 8.87. The topological polar surface area (TPSA) is 47.4 Å². The molecule has 0 spiro atoms. The van der Waals surface area contributed by atoms with Gasteiger partial charge in [-0.1, -0.05) is 60.7 Å². The van der Waals surface area contributed by atoms with E-state index in [4.69, 9.17) is 9.72 Å². The molecule has 0 saturated carbocycles. The number of ether oxygens (including phenoxy) is 1. The van der Waals surface area contributed by atoms with E-state index in [9.17, 15) is 4.79 Å². The number of aryl methyl sites for hydroxylation is 1. The molecule has 4 aromatic rings. The normalized spacial score (nSPS) is 16.1. The van der Waals surface area contributed by atoms with Gasteiger partial charge in [-0.2, -0.15) is 0 Å². The van der Waals surface area contributed by atoms with E-state index < -0.39 is 0 Å². The number of fused-ring (bicyclic) bond motifs is 1. The maximum absolute atomic E-state index is 12.8. The van der Waals surface area contributed by atoms with E-state index in [1.807, 2.05) is 59.5 Å². The van der Waals surface area contributed by atoms with Crippen LogP contribution in [0.5, 0.6) is 5.75 Å². The fourth-order valence-electron chi connectivity index (χ4n) is 4.51. The lowest BCUT2D eigenvalue weighted by Gasteiger charge is -2.18. The van der Waals surface area contributed by atoms with Crippen molar-refractivity contribution in [1.29, 1.82) is 0 Å². The first-order valence-corrected chi connectivity index (χ1v) is 11.1. The summed E-state index contributed by atoms with van der Waals surface area (Å²) in [6.45, 7) is 4.63. The Morgan fingerprint density at radius 3 is 2.56 bits per heavy atom. The van der Waals surface area contributed by atoms with Gasteiger partial charge in [-0.3, -0.25) is 4.79 Å². The van der Waals surface area contributed by atoms with E-state index >= 15 is 0 Å². The number of imidazole rings is 1. The Morgan fingerprint density at radius 2 is 1.72 bits per heavy atom. The SMILES string of the molecule is Cc1ccccc1OCCn1c(C2CC(=O)N(Cc3ccccc3)C2)nc2ccccc21. The molecule has 1 aliphatic heterocycles. The van der Waals surface area contributed by atoms with Crippen molar-refractivity contribution in [2.45, 2.75) is 32.4 Å². The smallest absolute Gasteiger partial charge is 0.223 e. The second-order valence-corrected chi connectivity index (χ2v) is 8.39.